The van der Waals surface area contributed by atoms with Crippen molar-refractivity contribution in [2.24, 2.45) is 5.92 Å². The van der Waals surface area contributed by atoms with Gasteiger partial charge in [-0.1, -0.05) is 12.1 Å². The van der Waals surface area contributed by atoms with Crippen molar-refractivity contribution in [3.8, 4) is 11.5 Å². The van der Waals surface area contributed by atoms with Crippen LogP contribution in [0.3, 0.4) is 0 Å². The lowest BCUT2D eigenvalue weighted by Gasteiger charge is -2.31. The molecule has 1 N–H and O–H groups in total. The first-order valence-electron chi connectivity index (χ1n) is 8.47. The number of rotatable bonds is 7. The number of esters is 1. The van der Waals surface area contributed by atoms with Crippen LogP contribution in [0.1, 0.15) is 30.9 Å². The molecule has 132 valence electrons. The van der Waals surface area contributed by atoms with Crippen LogP contribution in [0.5, 0.6) is 11.5 Å². The molecule has 1 aliphatic rings. The van der Waals surface area contributed by atoms with Gasteiger partial charge in [-0.05, 0) is 44.4 Å². The molecule has 0 aliphatic carbocycles. The number of hydrogen-bond acceptors (Lipinski definition) is 5. The Balaban J connectivity index is 2.13. The van der Waals surface area contributed by atoms with Gasteiger partial charge in [-0.15, -0.1) is 6.58 Å². The molecule has 1 aromatic rings. The molecule has 0 bridgehead atoms. The number of nitrogens with zero attached hydrogens (tertiary/aromatic N) is 1. The molecule has 0 radical (unpaired) electrons. The van der Waals surface area contributed by atoms with Crippen LogP contribution in [-0.4, -0.2) is 42.8 Å². The van der Waals surface area contributed by atoms with Crippen LogP contribution < -0.4 is 4.74 Å². The topological polar surface area (TPSA) is 59.0 Å². The maximum atomic E-state index is 12.0. The standard InChI is InChI=1S/C19H27NO4/c1-4-7-14-10-16(18(21)17(11-14)23-3)13-20-9-6-8-15(12-20)19(22)24-5-2/h4,10-11,15,21H,1,5-9,12-13H2,2-3H3/t15-/m0/s1. The Bertz CT molecular complexity index is 585. The summed E-state index contributed by atoms with van der Waals surface area (Å²) in [4.78, 5) is 14.2. The number of methoxy groups -OCH3 is 1. The number of phenolic OH excluding ortho intramolecular Hbond substituents is 1. The van der Waals surface area contributed by atoms with E-state index >= 15 is 0 Å². The fourth-order valence-electron chi connectivity index (χ4n) is 3.18. The molecule has 1 aliphatic heterocycles. The summed E-state index contributed by atoms with van der Waals surface area (Å²) < 4.78 is 10.4. The van der Waals surface area contributed by atoms with E-state index in [1.807, 2.05) is 25.1 Å². The molecule has 1 fully saturated rings. The summed E-state index contributed by atoms with van der Waals surface area (Å²) in [5, 5.41) is 10.4. The molecular weight excluding hydrogens is 306 g/mol. The maximum Gasteiger partial charge on any atom is 0.310 e. The van der Waals surface area contributed by atoms with Crippen LogP contribution in [0.25, 0.3) is 0 Å². The van der Waals surface area contributed by atoms with Crippen LogP contribution in [-0.2, 0) is 22.5 Å². The van der Waals surface area contributed by atoms with Gasteiger partial charge in [0.25, 0.3) is 0 Å². The van der Waals surface area contributed by atoms with E-state index in [0.29, 0.717) is 25.4 Å². The van der Waals surface area contributed by atoms with Gasteiger partial charge in [0.1, 0.15) is 0 Å². The average Bonchev–Trinajstić information content (AvgIpc) is 2.58. The van der Waals surface area contributed by atoms with Gasteiger partial charge in [-0.2, -0.15) is 0 Å². The van der Waals surface area contributed by atoms with Crippen LogP contribution >= 0.6 is 0 Å². The Kier molecular flexibility index (Phi) is 6.67. The van der Waals surface area contributed by atoms with E-state index in [2.05, 4.69) is 11.5 Å². The number of carbonyl (C=O) groups excluding carboxylic acids is 1. The molecule has 0 saturated carbocycles. The zero-order valence-corrected chi connectivity index (χ0v) is 14.6. The zero-order chi connectivity index (χ0) is 17.5. The molecule has 0 spiro atoms. The SMILES string of the molecule is C=CCc1cc(CN2CCC[C@H](C(=O)OCC)C2)c(O)c(OC)c1. The van der Waals surface area contributed by atoms with Gasteiger partial charge in [0.2, 0.25) is 0 Å². The smallest absolute Gasteiger partial charge is 0.310 e. The first kappa shape index (κ1) is 18.3. The summed E-state index contributed by atoms with van der Waals surface area (Å²) in [6, 6.07) is 3.81. The largest absolute Gasteiger partial charge is 0.504 e. The van der Waals surface area contributed by atoms with Gasteiger partial charge in [0.15, 0.2) is 11.5 Å². The summed E-state index contributed by atoms with van der Waals surface area (Å²) in [5.74, 6) is 0.440. The number of piperidine rings is 1. The van der Waals surface area contributed by atoms with E-state index in [1.165, 1.54) is 0 Å². The third-order valence-corrected chi connectivity index (χ3v) is 4.33. The predicted molar refractivity (Wildman–Crippen MR) is 93.2 cm³/mol. The normalized spacial score (nSPS) is 18.2. The minimum atomic E-state index is -0.121. The van der Waals surface area contributed by atoms with Crippen LogP contribution in [0.2, 0.25) is 0 Å². The fourth-order valence-corrected chi connectivity index (χ4v) is 3.18. The van der Waals surface area contributed by atoms with E-state index in [-0.39, 0.29) is 17.6 Å². The van der Waals surface area contributed by atoms with Crippen LogP contribution in [0.15, 0.2) is 24.8 Å². The molecule has 0 amide bonds. The molecule has 2 rings (SSSR count). The van der Waals surface area contributed by atoms with Gasteiger partial charge in [0.05, 0.1) is 19.6 Å². The van der Waals surface area contributed by atoms with Crippen molar-refractivity contribution in [2.75, 3.05) is 26.8 Å². The van der Waals surface area contributed by atoms with Crippen molar-refractivity contribution in [3.63, 3.8) is 0 Å². The number of benzene rings is 1. The molecule has 1 heterocycles. The second-order valence-electron chi connectivity index (χ2n) is 6.12. The molecule has 1 atom stereocenters. The van der Waals surface area contributed by atoms with Crippen molar-refractivity contribution in [2.45, 2.75) is 32.7 Å². The monoisotopic (exact) mass is 333 g/mol. The Labute approximate surface area is 143 Å². The first-order chi connectivity index (χ1) is 11.6. The van der Waals surface area contributed by atoms with E-state index in [4.69, 9.17) is 9.47 Å². The first-order valence-corrected chi connectivity index (χ1v) is 8.47. The van der Waals surface area contributed by atoms with Crippen molar-refractivity contribution in [3.05, 3.63) is 35.9 Å². The highest BCUT2D eigenvalue weighted by Gasteiger charge is 2.27. The van der Waals surface area contributed by atoms with Crippen LogP contribution in [0.4, 0.5) is 0 Å². The van der Waals surface area contributed by atoms with E-state index in [9.17, 15) is 9.90 Å². The summed E-state index contributed by atoms with van der Waals surface area (Å²) in [7, 11) is 1.55. The second kappa shape index (κ2) is 8.73. The van der Waals surface area contributed by atoms with Crippen molar-refractivity contribution in [1.29, 1.82) is 0 Å². The van der Waals surface area contributed by atoms with Crippen molar-refractivity contribution < 1.29 is 19.4 Å². The molecule has 5 nitrogen and oxygen atoms in total. The highest BCUT2D eigenvalue weighted by atomic mass is 16.5. The summed E-state index contributed by atoms with van der Waals surface area (Å²) in [6.07, 6.45) is 4.36. The summed E-state index contributed by atoms with van der Waals surface area (Å²) in [6.45, 7) is 8.15. The highest BCUT2D eigenvalue weighted by molar-refractivity contribution is 5.72. The molecule has 1 aromatic carbocycles. The third-order valence-electron chi connectivity index (χ3n) is 4.33. The zero-order valence-electron chi connectivity index (χ0n) is 14.6. The minimum absolute atomic E-state index is 0.0842. The number of aromatic hydroxyl groups is 1. The lowest BCUT2D eigenvalue weighted by Crippen LogP contribution is -2.38. The lowest BCUT2D eigenvalue weighted by atomic mass is 9.97. The quantitative estimate of drug-likeness (QED) is 0.614. The van der Waals surface area contributed by atoms with E-state index in [0.717, 1.165) is 36.9 Å². The molecule has 1 saturated heterocycles. The summed E-state index contributed by atoms with van der Waals surface area (Å²) in [5.41, 5.74) is 1.87. The number of hydrogen-bond donors (Lipinski definition) is 1. The van der Waals surface area contributed by atoms with Gasteiger partial charge in [-0.25, -0.2) is 0 Å². The number of likely N-dealkylation sites (tertiary alicyclic amines) is 1. The van der Waals surface area contributed by atoms with Crippen LogP contribution in [0, 0.1) is 5.92 Å². The fraction of sp³-hybridized carbons (Fsp3) is 0.526. The van der Waals surface area contributed by atoms with Gasteiger partial charge in [-0.3, -0.25) is 9.69 Å². The Morgan fingerprint density at radius 3 is 2.96 bits per heavy atom. The maximum absolute atomic E-state index is 12.0. The third kappa shape index (κ3) is 4.51. The van der Waals surface area contributed by atoms with E-state index < -0.39 is 0 Å². The highest BCUT2D eigenvalue weighted by Crippen LogP contribution is 2.33. The average molecular weight is 333 g/mol. The van der Waals surface area contributed by atoms with Gasteiger partial charge >= 0.3 is 5.97 Å². The number of allylic oxidation sites excluding steroid dienone is 1. The molecule has 24 heavy (non-hydrogen) atoms. The van der Waals surface area contributed by atoms with Crippen molar-refractivity contribution >= 4 is 5.97 Å². The Morgan fingerprint density at radius 2 is 2.29 bits per heavy atom. The number of carbonyl (C=O) groups is 1. The van der Waals surface area contributed by atoms with Crippen molar-refractivity contribution in [1.82, 2.24) is 4.90 Å². The van der Waals surface area contributed by atoms with E-state index in [1.54, 1.807) is 7.11 Å². The molecule has 0 aromatic heterocycles. The lowest BCUT2D eigenvalue weighted by molar-refractivity contribution is -0.150. The Morgan fingerprint density at radius 1 is 1.50 bits per heavy atom. The second-order valence-corrected chi connectivity index (χ2v) is 6.12. The Hall–Kier alpha value is -2.01. The molecular formula is C19H27NO4. The van der Waals surface area contributed by atoms with Gasteiger partial charge in [0, 0.05) is 18.7 Å². The number of phenols is 1. The molecule has 5 heteroatoms. The molecule has 0 unspecified atom stereocenters. The van der Waals surface area contributed by atoms with Gasteiger partial charge < -0.3 is 14.6 Å². The minimum Gasteiger partial charge on any atom is -0.504 e. The summed E-state index contributed by atoms with van der Waals surface area (Å²) >= 11 is 0. The number of ether oxygens (including phenoxy) is 2. The predicted octanol–water partition coefficient (Wildman–Crippen LogP) is 2.90.